The maximum atomic E-state index is 12.0. The summed E-state index contributed by atoms with van der Waals surface area (Å²) in [6.07, 6.45) is 0. The minimum Gasteiger partial charge on any atom is -0.389 e. The molecular formula is C13H17N3O2. The van der Waals surface area contributed by atoms with Crippen molar-refractivity contribution in [2.45, 2.75) is 6.92 Å². The second-order valence-electron chi connectivity index (χ2n) is 4.68. The number of nitrogens with zero attached hydrogens (tertiary/aromatic N) is 3. The highest BCUT2D eigenvalue weighted by molar-refractivity contribution is 5.86. The lowest BCUT2D eigenvalue weighted by Crippen LogP contribution is -2.16. The van der Waals surface area contributed by atoms with Crippen LogP contribution in [-0.2, 0) is 0 Å². The first-order chi connectivity index (χ1) is 8.41. The first kappa shape index (κ1) is 12.4. The molecule has 0 aliphatic heterocycles. The Morgan fingerprint density at radius 2 is 1.78 bits per heavy atom. The molecule has 0 atom stereocenters. The molecule has 1 aromatic heterocycles. The number of hydrogen-bond acceptors (Lipinski definition) is 5. The predicted octanol–water partition coefficient (Wildman–Crippen LogP) is 1.63. The zero-order chi connectivity index (χ0) is 13.4. The summed E-state index contributed by atoms with van der Waals surface area (Å²) in [5, 5.41) is 0.548. The van der Waals surface area contributed by atoms with Crippen LogP contribution >= 0.6 is 0 Å². The van der Waals surface area contributed by atoms with Crippen LogP contribution in [0.15, 0.2) is 21.3 Å². The third-order valence-corrected chi connectivity index (χ3v) is 2.88. The molecule has 5 nitrogen and oxygen atoms in total. The van der Waals surface area contributed by atoms with E-state index in [1.165, 1.54) is 0 Å². The molecule has 0 fully saturated rings. The van der Waals surface area contributed by atoms with Crippen molar-refractivity contribution >= 4 is 22.6 Å². The van der Waals surface area contributed by atoms with Crippen LogP contribution in [0, 0.1) is 6.92 Å². The molecule has 0 spiro atoms. The van der Waals surface area contributed by atoms with Gasteiger partial charge in [0, 0.05) is 33.9 Å². The van der Waals surface area contributed by atoms with E-state index in [1.807, 2.05) is 38.1 Å². The summed E-state index contributed by atoms with van der Waals surface area (Å²) in [6, 6.07) is 4.13. The van der Waals surface area contributed by atoms with Gasteiger partial charge in [-0.1, -0.05) is 0 Å². The van der Waals surface area contributed by atoms with E-state index in [0.29, 0.717) is 16.9 Å². The summed E-state index contributed by atoms with van der Waals surface area (Å²) in [4.78, 5) is 20.0. The van der Waals surface area contributed by atoms with E-state index in [2.05, 4.69) is 4.98 Å². The highest BCUT2D eigenvalue weighted by Crippen LogP contribution is 2.24. The zero-order valence-electron chi connectivity index (χ0n) is 11.3. The molecule has 0 saturated carbocycles. The minimum atomic E-state index is -0.343. The van der Waals surface area contributed by atoms with Crippen molar-refractivity contribution in [2.75, 3.05) is 38.0 Å². The normalized spacial score (nSPS) is 10.7. The number of fused-ring (bicyclic) bond motifs is 1. The van der Waals surface area contributed by atoms with Gasteiger partial charge in [0.25, 0.3) is 6.01 Å². The van der Waals surface area contributed by atoms with Crippen molar-refractivity contribution in [3.63, 3.8) is 0 Å². The molecule has 96 valence electrons. The van der Waals surface area contributed by atoms with Crippen LogP contribution in [0.3, 0.4) is 0 Å². The molecule has 0 N–H and O–H groups in total. The summed E-state index contributed by atoms with van der Waals surface area (Å²) in [5.41, 5.74) is 2.21. The summed E-state index contributed by atoms with van der Waals surface area (Å²) < 4.78 is 5.21. The van der Waals surface area contributed by atoms with Crippen molar-refractivity contribution in [3.05, 3.63) is 28.1 Å². The van der Waals surface area contributed by atoms with Gasteiger partial charge in [-0.05, 0) is 24.6 Å². The van der Waals surface area contributed by atoms with Gasteiger partial charge in [-0.3, -0.25) is 0 Å². The number of benzene rings is 1. The molecule has 5 heteroatoms. The first-order valence-corrected chi connectivity index (χ1v) is 5.71. The highest BCUT2D eigenvalue weighted by Gasteiger charge is 2.13. The molecule has 18 heavy (non-hydrogen) atoms. The molecular weight excluding hydrogens is 230 g/mol. The monoisotopic (exact) mass is 247 g/mol. The second-order valence-corrected chi connectivity index (χ2v) is 4.68. The molecule has 0 bridgehead atoms. The molecule has 0 saturated heterocycles. The first-order valence-electron chi connectivity index (χ1n) is 5.71. The van der Waals surface area contributed by atoms with Gasteiger partial charge >= 0.3 is 5.63 Å². The Balaban J connectivity index is 2.80. The topological polar surface area (TPSA) is 49.6 Å². The smallest absolute Gasteiger partial charge is 0.348 e. The van der Waals surface area contributed by atoms with Gasteiger partial charge in [0.05, 0.1) is 10.9 Å². The van der Waals surface area contributed by atoms with Crippen LogP contribution in [-0.4, -0.2) is 33.2 Å². The van der Waals surface area contributed by atoms with E-state index in [0.717, 1.165) is 11.3 Å². The van der Waals surface area contributed by atoms with Crippen LogP contribution in [0.4, 0.5) is 11.7 Å². The Hall–Kier alpha value is -2.04. The predicted molar refractivity (Wildman–Crippen MR) is 73.7 cm³/mol. The van der Waals surface area contributed by atoms with E-state index < -0.39 is 0 Å². The molecule has 0 aliphatic rings. The molecule has 1 aromatic carbocycles. The SMILES string of the molecule is Cc1c(N(C)C)ccc2nc(N(C)C)oc(=O)c12. The average molecular weight is 247 g/mol. The van der Waals surface area contributed by atoms with Crippen LogP contribution < -0.4 is 15.4 Å². The maximum Gasteiger partial charge on any atom is 0.348 e. The number of aromatic nitrogens is 1. The third-order valence-electron chi connectivity index (χ3n) is 2.88. The van der Waals surface area contributed by atoms with Crippen LogP contribution in [0.5, 0.6) is 0 Å². The lowest BCUT2D eigenvalue weighted by molar-refractivity contribution is 0.502. The fraction of sp³-hybridized carbons (Fsp3) is 0.385. The molecule has 1 heterocycles. The van der Waals surface area contributed by atoms with Crippen LogP contribution in [0.25, 0.3) is 10.9 Å². The Morgan fingerprint density at radius 1 is 1.11 bits per heavy atom. The summed E-state index contributed by atoms with van der Waals surface area (Å²) in [7, 11) is 7.46. The second kappa shape index (κ2) is 4.33. The molecule has 0 aliphatic carbocycles. The summed E-state index contributed by atoms with van der Waals surface area (Å²) >= 11 is 0. The molecule has 0 amide bonds. The lowest BCUT2D eigenvalue weighted by Gasteiger charge is -2.17. The van der Waals surface area contributed by atoms with Gasteiger partial charge in [-0.25, -0.2) is 4.79 Å². The fourth-order valence-electron chi connectivity index (χ4n) is 1.97. The number of aryl methyl sites for hydroxylation is 1. The summed E-state index contributed by atoms with van der Waals surface area (Å²) in [5.74, 6) is 0. The van der Waals surface area contributed by atoms with E-state index in [-0.39, 0.29) is 5.63 Å². The fourth-order valence-corrected chi connectivity index (χ4v) is 1.97. The van der Waals surface area contributed by atoms with E-state index >= 15 is 0 Å². The zero-order valence-corrected chi connectivity index (χ0v) is 11.3. The molecule has 0 radical (unpaired) electrons. The Kier molecular flexibility index (Phi) is 2.98. The van der Waals surface area contributed by atoms with Crippen LogP contribution in [0.1, 0.15) is 5.56 Å². The quantitative estimate of drug-likeness (QED) is 0.807. The Morgan fingerprint density at radius 3 is 2.33 bits per heavy atom. The van der Waals surface area contributed by atoms with Gasteiger partial charge in [0.15, 0.2) is 0 Å². The largest absolute Gasteiger partial charge is 0.389 e. The van der Waals surface area contributed by atoms with Gasteiger partial charge < -0.3 is 14.2 Å². The van der Waals surface area contributed by atoms with E-state index in [4.69, 9.17) is 4.42 Å². The standard InChI is InChI=1S/C13H17N3O2/c1-8-10(15(2)3)7-6-9-11(8)12(17)18-13(14-9)16(4)5/h6-7H,1-5H3. The highest BCUT2D eigenvalue weighted by atomic mass is 16.4. The average Bonchev–Trinajstić information content (AvgIpc) is 2.27. The Bertz CT molecular complexity index is 644. The van der Waals surface area contributed by atoms with Crippen LogP contribution in [0.2, 0.25) is 0 Å². The molecule has 0 unspecified atom stereocenters. The van der Waals surface area contributed by atoms with Gasteiger partial charge in [-0.2, -0.15) is 4.98 Å². The van der Waals surface area contributed by atoms with Crippen molar-refractivity contribution in [1.29, 1.82) is 0 Å². The van der Waals surface area contributed by atoms with Crippen molar-refractivity contribution in [3.8, 4) is 0 Å². The van der Waals surface area contributed by atoms with Gasteiger partial charge in [0.1, 0.15) is 0 Å². The van der Waals surface area contributed by atoms with Crippen molar-refractivity contribution in [1.82, 2.24) is 4.98 Å². The number of hydrogen-bond donors (Lipinski definition) is 0. The number of anilines is 2. The maximum absolute atomic E-state index is 12.0. The van der Waals surface area contributed by atoms with Gasteiger partial charge in [0.2, 0.25) is 0 Å². The van der Waals surface area contributed by atoms with Gasteiger partial charge in [-0.15, -0.1) is 0 Å². The van der Waals surface area contributed by atoms with Crippen molar-refractivity contribution in [2.24, 2.45) is 0 Å². The Labute approximate surface area is 106 Å². The molecule has 2 aromatic rings. The van der Waals surface area contributed by atoms with Crippen molar-refractivity contribution < 1.29 is 4.42 Å². The van der Waals surface area contributed by atoms with E-state index in [1.54, 1.807) is 19.0 Å². The molecule has 2 rings (SSSR count). The third kappa shape index (κ3) is 1.92. The lowest BCUT2D eigenvalue weighted by atomic mass is 10.1. The number of rotatable bonds is 2. The van der Waals surface area contributed by atoms with E-state index in [9.17, 15) is 4.79 Å². The summed E-state index contributed by atoms with van der Waals surface area (Å²) in [6.45, 7) is 1.91. The minimum absolute atomic E-state index is 0.324.